The molecule has 0 radical (unpaired) electrons. The van der Waals surface area contributed by atoms with Crippen LogP contribution in [0.4, 0.5) is 0 Å². The topological polar surface area (TPSA) is 64.4 Å². The van der Waals surface area contributed by atoms with Gasteiger partial charge < -0.3 is 9.84 Å². The minimum Gasteiger partial charge on any atom is -0.497 e. The average molecular weight is 272 g/mol. The molecule has 0 aliphatic heterocycles. The van der Waals surface area contributed by atoms with E-state index in [0.717, 1.165) is 11.3 Å². The van der Waals surface area contributed by atoms with Gasteiger partial charge in [0.25, 0.3) is 0 Å². The standard InChI is InChI=1S/C15H16N2O3/c1-10(2)7-14-13(15(18)19)9-16-17(14)11-5-4-6-12(8-11)20-3/h4-9H,1-3H3,(H,18,19). The second kappa shape index (κ2) is 5.61. The molecule has 1 heterocycles. The zero-order valence-corrected chi connectivity index (χ0v) is 11.6. The number of rotatable bonds is 4. The van der Waals surface area contributed by atoms with Gasteiger partial charge in [-0.05, 0) is 32.1 Å². The smallest absolute Gasteiger partial charge is 0.339 e. The van der Waals surface area contributed by atoms with Gasteiger partial charge in [0.2, 0.25) is 0 Å². The third-order valence-corrected chi connectivity index (χ3v) is 2.76. The summed E-state index contributed by atoms with van der Waals surface area (Å²) in [7, 11) is 1.59. The predicted octanol–water partition coefficient (Wildman–Crippen LogP) is 3.00. The second-order valence-electron chi connectivity index (χ2n) is 4.58. The molecule has 0 unspecified atom stereocenters. The summed E-state index contributed by atoms with van der Waals surface area (Å²) in [5.41, 5.74) is 2.47. The van der Waals surface area contributed by atoms with Crippen LogP contribution >= 0.6 is 0 Å². The fourth-order valence-electron chi connectivity index (χ4n) is 1.88. The molecule has 20 heavy (non-hydrogen) atoms. The van der Waals surface area contributed by atoms with Gasteiger partial charge in [-0.2, -0.15) is 5.10 Å². The van der Waals surface area contributed by atoms with E-state index in [0.29, 0.717) is 11.4 Å². The number of hydrogen-bond acceptors (Lipinski definition) is 3. The molecule has 0 saturated heterocycles. The average Bonchev–Trinajstić information content (AvgIpc) is 2.81. The highest BCUT2D eigenvalue weighted by molar-refractivity contribution is 5.91. The highest BCUT2D eigenvalue weighted by Gasteiger charge is 2.16. The number of nitrogens with zero attached hydrogens (tertiary/aromatic N) is 2. The number of benzene rings is 1. The van der Waals surface area contributed by atoms with E-state index < -0.39 is 5.97 Å². The molecule has 2 rings (SSSR count). The van der Waals surface area contributed by atoms with Crippen molar-refractivity contribution in [2.45, 2.75) is 13.8 Å². The fraction of sp³-hybridized carbons (Fsp3) is 0.200. The molecule has 5 nitrogen and oxygen atoms in total. The first-order valence-electron chi connectivity index (χ1n) is 6.13. The number of ether oxygens (including phenoxy) is 1. The molecule has 0 bridgehead atoms. The van der Waals surface area contributed by atoms with Crippen molar-refractivity contribution in [3.8, 4) is 11.4 Å². The van der Waals surface area contributed by atoms with Crippen LogP contribution in [-0.4, -0.2) is 28.0 Å². The molecule has 1 N–H and O–H groups in total. The largest absolute Gasteiger partial charge is 0.497 e. The molecule has 1 aromatic heterocycles. The molecule has 0 amide bonds. The normalized spacial score (nSPS) is 10.2. The Hall–Kier alpha value is -2.56. The van der Waals surface area contributed by atoms with Crippen molar-refractivity contribution in [2.24, 2.45) is 0 Å². The van der Waals surface area contributed by atoms with Gasteiger partial charge in [-0.1, -0.05) is 11.6 Å². The van der Waals surface area contributed by atoms with Crippen molar-refractivity contribution in [2.75, 3.05) is 7.11 Å². The molecule has 2 aromatic rings. The van der Waals surface area contributed by atoms with Crippen LogP contribution in [0.2, 0.25) is 0 Å². The number of carboxylic acids is 1. The molecular weight excluding hydrogens is 256 g/mol. The van der Waals surface area contributed by atoms with Crippen LogP contribution in [0, 0.1) is 0 Å². The Kier molecular flexibility index (Phi) is 3.89. The summed E-state index contributed by atoms with van der Waals surface area (Å²) in [6.07, 6.45) is 3.16. The lowest BCUT2D eigenvalue weighted by molar-refractivity contribution is 0.0696. The lowest BCUT2D eigenvalue weighted by Crippen LogP contribution is -2.03. The lowest BCUT2D eigenvalue weighted by atomic mass is 10.2. The Morgan fingerprint density at radius 2 is 2.15 bits per heavy atom. The Labute approximate surface area is 117 Å². The summed E-state index contributed by atoms with van der Waals surface area (Å²) in [6, 6.07) is 7.32. The van der Waals surface area contributed by atoms with Gasteiger partial charge in [0.15, 0.2) is 0 Å². The highest BCUT2D eigenvalue weighted by Crippen LogP contribution is 2.21. The Balaban J connectivity index is 2.61. The van der Waals surface area contributed by atoms with Crippen molar-refractivity contribution in [1.29, 1.82) is 0 Å². The first kappa shape index (κ1) is 13.9. The predicted molar refractivity (Wildman–Crippen MR) is 76.4 cm³/mol. The van der Waals surface area contributed by atoms with Crippen LogP contribution in [0.3, 0.4) is 0 Å². The number of methoxy groups -OCH3 is 1. The van der Waals surface area contributed by atoms with Gasteiger partial charge in [-0.25, -0.2) is 9.48 Å². The third-order valence-electron chi connectivity index (χ3n) is 2.76. The number of carbonyl (C=O) groups is 1. The molecule has 0 spiro atoms. The van der Waals surface area contributed by atoms with Crippen LogP contribution in [0.1, 0.15) is 29.9 Å². The van der Waals surface area contributed by atoms with E-state index in [4.69, 9.17) is 4.74 Å². The third kappa shape index (κ3) is 2.71. The minimum absolute atomic E-state index is 0.175. The molecule has 0 fully saturated rings. The van der Waals surface area contributed by atoms with Crippen molar-refractivity contribution in [3.63, 3.8) is 0 Å². The number of aromatic nitrogens is 2. The van der Waals surface area contributed by atoms with Crippen molar-refractivity contribution in [3.05, 3.63) is 47.3 Å². The summed E-state index contributed by atoms with van der Waals surface area (Å²) < 4.78 is 6.77. The maximum Gasteiger partial charge on any atom is 0.339 e. The maximum atomic E-state index is 11.3. The van der Waals surface area contributed by atoms with Crippen molar-refractivity contribution in [1.82, 2.24) is 9.78 Å². The Morgan fingerprint density at radius 3 is 2.75 bits per heavy atom. The molecule has 0 aliphatic rings. The fourth-order valence-corrected chi connectivity index (χ4v) is 1.88. The maximum absolute atomic E-state index is 11.3. The summed E-state index contributed by atoms with van der Waals surface area (Å²) in [5.74, 6) is -0.301. The second-order valence-corrected chi connectivity index (χ2v) is 4.58. The van der Waals surface area contributed by atoms with Crippen LogP contribution in [-0.2, 0) is 0 Å². The Bertz CT molecular complexity index is 668. The van der Waals surface area contributed by atoms with E-state index in [9.17, 15) is 9.90 Å². The zero-order valence-electron chi connectivity index (χ0n) is 11.6. The molecule has 0 saturated carbocycles. The molecular formula is C15H16N2O3. The van der Waals surface area contributed by atoms with Crippen molar-refractivity contribution >= 4 is 12.0 Å². The van der Waals surface area contributed by atoms with E-state index in [1.807, 2.05) is 32.0 Å². The van der Waals surface area contributed by atoms with E-state index in [-0.39, 0.29) is 5.56 Å². The van der Waals surface area contributed by atoms with Gasteiger partial charge in [-0.3, -0.25) is 0 Å². The quantitative estimate of drug-likeness (QED) is 0.929. The summed E-state index contributed by atoms with van der Waals surface area (Å²) in [4.78, 5) is 11.3. The van der Waals surface area contributed by atoms with Gasteiger partial charge in [0.1, 0.15) is 11.3 Å². The molecule has 0 aliphatic carbocycles. The first-order valence-corrected chi connectivity index (χ1v) is 6.13. The van der Waals surface area contributed by atoms with Crippen LogP contribution in [0.15, 0.2) is 36.0 Å². The number of aromatic carboxylic acids is 1. The number of hydrogen-bond donors (Lipinski definition) is 1. The van der Waals surface area contributed by atoms with Crippen molar-refractivity contribution < 1.29 is 14.6 Å². The molecule has 5 heteroatoms. The van der Waals surface area contributed by atoms with Crippen LogP contribution < -0.4 is 4.74 Å². The number of allylic oxidation sites excluding steroid dienone is 1. The van der Waals surface area contributed by atoms with Gasteiger partial charge in [0.05, 0.1) is 24.7 Å². The number of carboxylic acid groups (broad SMARTS) is 1. The van der Waals surface area contributed by atoms with E-state index in [1.54, 1.807) is 23.9 Å². The Morgan fingerprint density at radius 1 is 1.40 bits per heavy atom. The van der Waals surface area contributed by atoms with E-state index in [1.165, 1.54) is 6.20 Å². The zero-order chi connectivity index (χ0) is 14.7. The SMILES string of the molecule is COc1cccc(-n2ncc(C(=O)O)c2C=C(C)C)c1. The van der Waals surface area contributed by atoms with E-state index >= 15 is 0 Å². The lowest BCUT2D eigenvalue weighted by Gasteiger charge is -2.07. The van der Waals surface area contributed by atoms with Gasteiger partial charge in [0, 0.05) is 6.07 Å². The molecule has 1 aromatic carbocycles. The molecule has 104 valence electrons. The minimum atomic E-state index is -0.994. The summed E-state index contributed by atoms with van der Waals surface area (Å²) in [6.45, 7) is 3.82. The summed E-state index contributed by atoms with van der Waals surface area (Å²) in [5, 5.41) is 13.4. The van der Waals surface area contributed by atoms with E-state index in [2.05, 4.69) is 5.10 Å². The first-order chi connectivity index (χ1) is 9.52. The summed E-state index contributed by atoms with van der Waals surface area (Å²) >= 11 is 0. The van der Waals surface area contributed by atoms with Gasteiger partial charge in [-0.15, -0.1) is 0 Å². The van der Waals surface area contributed by atoms with Crippen LogP contribution in [0.5, 0.6) is 5.75 Å². The van der Waals surface area contributed by atoms with Gasteiger partial charge >= 0.3 is 5.97 Å². The van der Waals surface area contributed by atoms with Crippen LogP contribution in [0.25, 0.3) is 11.8 Å². The monoisotopic (exact) mass is 272 g/mol. The molecule has 0 atom stereocenters. The highest BCUT2D eigenvalue weighted by atomic mass is 16.5.